The quantitative estimate of drug-likeness (QED) is 0.381. The maximum atomic E-state index is 10.3. The van der Waals surface area contributed by atoms with Crippen molar-refractivity contribution in [2.75, 3.05) is 0 Å². The zero-order chi connectivity index (χ0) is 25.2. The Morgan fingerprint density at radius 2 is 1.91 bits per heavy atom. The van der Waals surface area contributed by atoms with Gasteiger partial charge in [0, 0.05) is 12.3 Å². The third kappa shape index (κ3) is 5.90. The van der Waals surface area contributed by atoms with E-state index in [-0.39, 0.29) is 5.41 Å². The highest BCUT2D eigenvalue weighted by atomic mass is 16.3. The van der Waals surface area contributed by atoms with Crippen molar-refractivity contribution in [1.82, 2.24) is 0 Å². The van der Waals surface area contributed by atoms with E-state index in [1.54, 1.807) is 5.57 Å². The molecule has 0 unspecified atom stereocenters. The molecule has 3 aliphatic rings. The smallest absolute Gasteiger partial charge is 0.0811 e. The van der Waals surface area contributed by atoms with Crippen molar-refractivity contribution in [2.24, 2.45) is 11.3 Å². The highest BCUT2D eigenvalue weighted by Gasteiger charge is 2.47. The topological polar surface area (TPSA) is 60.7 Å². The predicted octanol–water partition coefficient (Wildman–Crippen LogP) is 6.77. The average molecular weight is 477 g/mol. The highest BCUT2D eigenvalue weighted by Crippen LogP contribution is 2.58. The minimum Gasteiger partial charge on any atom is -0.393 e. The van der Waals surface area contributed by atoms with Crippen LogP contribution in [0.2, 0.25) is 0 Å². The Kier molecular flexibility index (Phi) is 7.90. The van der Waals surface area contributed by atoms with Crippen LogP contribution in [0, 0.1) is 11.3 Å². The summed E-state index contributed by atoms with van der Waals surface area (Å²) in [4.78, 5) is 0. The largest absolute Gasteiger partial charge is 0.393 e. The first-order chi connectivity index (χ1) is 16.6. The van der Waals surface area contributed by atoms with Crippen LogP contribution in [0.5, 0.6) is 0 Å². The molecule has 2 saturated carbocycles. The van der Waals surface area contributed by atoms with E-state index in [1.165, 1.54) is 24.0 Å². The molecule has 2 fully saturated rings. The Morgan fingerprint density at radius 1 is 1.17 bits per heavy atom. The fourth-order valence-corrected chi connectivity index (χ4v) is 6.78. The standard InChI is InChI=1S/C32H44O3/c1-22-25(20-26(33)21-30(22)34)15-14-24-12-8-19-32(4)28(24)16-17-29(32)27(13-9-18-31(2,3)35)23-10-6-5-7-11-23/h5-7,10-11,14-15,17,26-28,30,33-35H,1,8-9,12-13,16,18-21H2,2-4H3/b24-14-,25-15-/t26-,27+,28+,30+,32+/m1/s1. The molecule has 3 aliphatic carbocycles. The number of benzene rings is 1. The summed E-state index contributed by atoms with van der Waals surface area (Å²) in [6.45, 7) is 10.4. The fraction of sp³-hybridized carbons (Fsp3) is 0.562. The van der Waals surface area contributed by atoms with Crippen molar-refractivity contribution in [1.29, 1.82) is 0 Å². The second-order valence-corrected chi connectivity index (χ2v) is 12.0. The van der Waals surface area contributed by atoms with Crippen molar-refractivity contribution >= 4 is 0 Å². The molecule has 35 heavy (non-hydrogen) atoms. The van der Waals surface area contributed by atoms with Gasteiger partial charge in [-0.05, 0) is 93.3 Å². The third-order valence-electron chi connectivity index (χ3n) is 8.73. The SMILES string of the molecule is C=C1/C(=C\C=C2\CCC[C@]3(C)C([C@@H](CCCC(C)(C)O)c4ccccc4)=CC[C@@H]23)C[C@@H](O)C[C@@H]1O. The number of rotatable bonds is 7. The molecule has 0 heterocycles. The van der Waals surface area contributed by atoms with E-state index >= 15 is 0 Å². The van der Waals surface area contributed by atoms with Crippen LogP contribution in [0.4, 0.5) is 0 Å². The van der Waals surface area contributed by atoms with Gasteiger partial charge in [-0.15, -0.1) is 0 Å². The second kappa shape index (κ2) is 10.6. The predicted molar refractivity (Wildman–Crippen MR) is 144 cm³/mol. The van der Waals surface area contributed by atoms with Crippen LogP contribution in [0.25, 0.3) is 0 Å². The van der Waals surface area contributed by atoms with Crippen LogP contribution >= 0.6 is 0 Å². The number of aliphatic hydroxyl groups is 3. The monoisotopic (exact) mass is 476 g/mol. The summed E-state index contributed by atoms with van der Waals surface area (Å²) in [6.07, 6.45) is 14.2. The van der Waals surface area contributed by atoms with E-state index in [4.69, 9.17) is 0 Å². The van der Waals surface area contributed by atoms with Crippen LogP contribution in [0.3, 0.4) is 0 Å². The average Bonchev–Trinajstić information content (AvgIpc) is 3.15. The summed E-state index contributed by atoms with van der Waals surface area (Å²) in [7, 11) is 0. The normalized spacial score (nSPS) is 32.6. The molecule has 3 nitrogen and oxygen atoms in total. The lowest BCUT2D eigenvalue weighted by Crippen LogP contribution is -2.32. The summed E-state index contributed by atoms with van der Waals surface area (Å²) in [6, 6.07) is 10.9. The molecule has 1 aromatic rings. The zero-order valence-electron chi connectivity index (χ0n) is 21.8. The molecule has 3 heteroatoms. The lowest BCUT2D eigenvalue weighted by Gasteiger charge is -2.43. The molecule has 3 N–H and O–H groups in total. The highest BCUT2D eigenvalue weighted by molar-refractivity contribution is 5.42. The molecule has 0 amide bonds. The molecule has 0 radical (unpaired) electrons. The van der Waals surface area contributed by atoms with E-state index in [0.717, 1.165) is 43.3 Å². The number of fused-ring (bicyclic) bond motifs is 1. The van der Waals surface area contributed by atoms with Gasteiger partial charge in [0.25, 0.3) is 0 Å². The van der Waals surface area contributed by atoms with Crippen molar-refractivity contribution in [3.8, 4) is 0 Å². The summed E-state index contributed by atoms with van der Waals surface area (Å²) in [5.41, 5.74) is 5.70. The van der Waals surface area contributed by atoms with Gasteiger partial charge >= 0.3 is 0 Å². The number of aliphatic hydroxyl groups excluding tert-OH is 2. The molecular weight excluding hydrogens is 432 g/mol. The first-order valence-electron chi connectivity index (χ1n) is 13.5. The molecule has 190 valence electrons. The Balaban J connectivity index is 1.58. The number of allylic oxidation sites excluding steroid dienone is 5. The molecule has 0 spiro atoms. The van der Waals surface area contributed by atoms with Gasteiger partial charge in [0.1, 0.15) is 0 Å². The van der Waals surface area contributed by atoms with Gasteiger partial charge in [-0.2, -0.15) is 0 Å². The summed E-state index contributed by atoms with van der Waals surface area (Å²) >= 11 is 0. The fourth-order valence-electron chi connectivity index (χ4n) is 6.78. The van der Waals surface area contributed by atoms with Crippen LogP contribution in [0.1, 0.15) is 90.0 Å². The van der Waals surface area contributed by atoms with Gasteiger partial charge in [0.2, 0.25) is 0 Å². The van der Waals surface area contributed by atoms with E-state index < -0.39 is 17.8 Å². The minimum atomic E-state index is -0.643. The van der Waals surface area contributed by atoms with E-state index in [2.05, 4.69) is 62.1 Å². The lowest BCUT2D eigenvalue weighted by molar-refractivity contribution is 0.0676. The number of hydrogen-bond acceptors (Lipinski definition) is 3. The minimum absolute atomic E-state index is 0.139. The van der Waals surface area contributed by atoms with Crippen LogP contribution < -0.4 is 0 Å². The maximum Gasteiger partial charge on any atom is 0.0811 e. The van der Waals surface area contributed by atoms with Gasteiger partial charge in [-0.3, -0.25) is 0 Å². The molecule has 0 aromatic heterocycles. The van der Waals surface area contributed by atoms with E-state index in [0.29, 0.717) is 24.7 Å². The van der Waals surface area contributed by atoms with Crippen LogP contribution in [-0.4, -0.2) is 33.1 Å². The Labute approximate surface area is 212 Å². The van der Waals surface area contributed by atoms with Gasteiger partial charge in [-0.1, -0.05) is 73.2 Å². The molecule has 5 atom stereocenters. The van der Waals surface area contributed by atoms with E-state index in [9.17, 15) is 15.3 Å². The number of hydrogen-bond donors (Lipinski definition) is 3. The van der Waals surface area contributed by atoms with Crippen molar-refractivity contribution < 1.29 is 15.3 Å². The van der Waals surface area contributed by atoms with Gasteiger partial charge in [-0.25, -0.2) is 0 Å². The van der Waals surface area contributed by atoms with Crippen molar-refractivity contribution in [2.45, 2.75) is 102 Å². The Bertz CT molecular complexity index is 993. The van der Waals surface area contributed by atoms with Crippen LogP contribution in [-0.2, 0) is 0 Å². The van der Waals surface area contributed by atoms with Gasteiger partial charge in [0.05, 0.1) is 17.8 Å². The molecular formula is C32H44O3. The summed E-state index contributed by atoms with van der Waals surface area (Å²) < 4.78 is 0. The molecule has 4 rings (SSSR count). The van der Waals surface area contributed by atoms with Crippen molar-refractivity contribution in [3.63, 3.8) is 0 Å². The maximum absolute atomic E-state index is 10.3. The lowest BCUT2D eigenvalue weighted by atomic mass is 9.61. The third-order valence-corrected chi connectivity index (χ3v) is 8.73. The van der Waals surface area contributed by atoms with Gasteiger partial charge in [0.15, 0.2) is 0 Å². The summed E-state index contributed by atoms with van der Waals surface area (Å²) in [5.74, 6) is 0.880. The molecule has 0 saturated heterocycles. The zero-order valence-corrected chi connectivity index (χ0v) is 21.8. The van der Waals surface area contributed by atoms with Gasteiger partial charge < -0.3 is 15.3 Å². The second-order valence-electron chi connectivity index (χ2n) is 12.0. The first kappa shape index (κ1) is 26.1. The Hall–Kier alpha value is -1.94. The Morgan fingerprint density at radius 3 is 2.63 bits per heavy atom. The van der Waals surface area contributed by atoms with Crippen LogP contribution in [0.15, 0.2) is 77.4 Å². The molecule has 1 aromatic carbocycles. The molecule has 0 bridgehead atoms. The molecule has 0 aliphatic heterocycles. The first-order valence-corrected chi connectivity index (χ1v) is 13.5. The summed E-state index contributed by atoms with van der Waals surface area (Å²) in [5, 5.41) is 30.7. The van der Waals surface area contributed by atoms with E-state index in [1.807, 2.05) is 13.8 Å². The van der Waals surface area contributed by atoms with Crippen molar-refractivity contribution in [3.05, 3.63) is 83.0 Å².